The Labute approximate surface area is 180 Å². The standard InChI is InChI=1S/C22H20ClN3O3S/c1-16-5-4-14-24-21(16)15-25-22(27)13-10-17-8-11-18(12-9-17)30(28,29)26-20-7-3-2-6-19(20)23/h2-14,26H,15H2,1H3,(H,25,27). The summed E-state index contributed by atoms with van der Waals surface area (Å²) in [4.78, 5) is 16.3. The molecule has 0 radical (unpaired) electrons. The number of hydrogen-bond donors (Lipinski definition) is 2. The first-order valence-electron chi connectivity index (χ1n) is 9.09. The quantitative estimate of drug-likeness (QED) is 0.538. The number of carbonyl (C=O) groups excluding carboxylic acids is 1. The second kappa shape index (κ2) is 9.56. The Kier molecular flexibility index (Phi) is 6.87. The van der Waals surface area contributed by atoms with Crippen molar-refractivity contribution >= 4 is 39.3 Å². The lowest BCUT2D eigenvalue weighted by Gasteiger charge is -2.09. The first-order chi connectivity index (χ1) is 14.3. The number of para-hydroxylation sites is 1. The number of nitrogens with zero attached hydrogens (tertiary/aromatic N) is 1. The predicted molar refractivity (Wildman–Crippen MR) is 119 cm³/mol. The van der Waals surface area contributed by atoms with E-state index in [4.69, 9.17) is 11.6 Å². The fourth-order valence-electron chi connectivity index (χ4n) is 2.61. The molecule has 30 heavy (non-hydrogen) atoms. The van der Waals surface area contributed by atoms with E-state index in [-0.39, 0.29) is 10.8 Å². The summed E-state index contributed by atoms with van der Waals surface area (Å²) in [5, 5.41) is 3.08. The number of nitrogens with one attached hydrogen (secondary N) is 2. The number of sulfonamides is 1. The predicted octanol–water partition coefficient (Wildman–Crippen LogP) is 4.17. The third kappa shape index (κ3) is 5.68. The zero-order chi connectivity index (χ0) is 21.6. The van der Waals surface area contributed by atoms with Crippen LogP contribution in [-0.2, 0) is 21.4 Å². The minimum atomic E-state index is -3.77. The summed E-state index contributed by atoms with van der Waals surface area (Å²) in [5.41, 5.74) is 2.81. The van der Waals surface area contributed by atoms with Crippen molar-refractivity contribution in [2.75, 3.05) is 4.72 Å². The molecule has 0 bridgehead atoms. The number of aryl methyl sites for hydroxylation is 1. The van der Waals surface area contributed by atoms with Crippen LogP contribution >= 0.6 is 11.6 Å². The van der Waals surface area contributed by atoms with Crippen LogP contribution in [-0.4, -0.2) is 19.3 Å². The first-order valence-corrected chi connectivity index (χ1v) is 10.9. The number of benzene rings is 2. The second-order valence-corrected chi connectivity index (χ2v) is 8.56. The molecule has 6 nitrogen and oxygen atoms in total. The minimum Gasteiger partial charge on any atom is -0.347 e. The number of pyridine rings is 1. The fraction of sp³-hybridized carbons (Fsp3) is 0.0909. The molecule has 0 aliphatic rings. The highest BCUT2D eigenvalue weighted by atomic mass is 35.5. The maximum absolute atomic E-state index is 12.5. The van der Waals surface area contributed by atoms with E-state index in [1.165, 1.54) is 18.2 Å². The van der Waals surface area contributed by atoms with Gasteiger partial charge in [0.05, 0.1) is 27.8 Å². The lowest BCUT2D eigenvalue weighted by Crippen LogP contribution is -2.21. The normalized spacial score (nSPS) is 11.4. The second-order valence-electron chi connectivity index (χ2n) is 6.47. The molecule has 3 rings (SSSR count). The van der Waals surface area contributed by atoms with Crippen LogP contribution in [0.2, 0.25) is 5.02 Å². The van der Waals surface area contributed by atoms with Gasteiger partial charge in [0.1, 0.15) is 0 Å². The van der Waals surface area contributed by atoms with Crippen LogP contribution in [0.5, 0.6) is 0 Å². The van der Waals surface area contributed by atoms with Gasteiger partial charge in [-0.2, -0.15) is 0 Å². The van der Waals surface area contributed by atoms with Gasteiger partial charge in [-0.05, 0) is 54.5 Å². The van der Waals surface area contributed by atoms with E-state index in [1.807, 2.05) is 19.1 Å². The molecule has 0 unspecified atom stereocenters. The Hall–Kier alpha value is -3.16. The van der Waals surface area contributed by atoms with Crippen molar-refractivity contribution in [2.24, 2.45) is 0 Å². The maximum atomic E-state index is 12.5. The van der Waals surface area contributed by atoms with Gasteiger partial charge in [-0.1, -0.05) is 41.9 Å². The van der Waals surface area contributed by atoms with Gasteiger partial charge in [0.25, 0.3) is 10.0 Å². The van der Waals surface area contributed by atoms with Gasteiger partial charge in [-0.25, -0.2) is 8.42 Å². The Morgan fingerprint density at radius 2 is 1.80 bits per heavy atom. The maximum Gasteiger partial charge on any atom is 0.261 e. The summed E-state index contributed by atoms with van der Waals surface area (Å²) in [6.45, 7) is 2.27. The molecular weight excluding hydrogens is 422 g/mol. The minimum absolute atomic E-state index is 0.0923. The Balaban J connectivity index is 1.61. The summed E-state index contributed by atoms with van der Waals surface area (Å²) in [5.74, 6) is -0.267. The summed E-state index contributed by atoms with van der Waals surface area (Å²) in [7, 11) is -3.77. The number of aromatic nitrogens is 1. The topological polar surface area (TPSA) is 88.2 Å². The third-order valence-corrected chi connectivity index (χ3v) is 5.99. The molecule has 0 saturated heterocycles. The largest absolute Gasteiger partial charge is 0.347 e. The van der Waals surface area contributed by atoms with Crippen molar-refractivity contribution in [1.82, 2.24) is 10.3 Å². The highest BCUT2D eigenvalue weighted by Gasteiger charge is 2.15. The molecule has 0 spiro atoms. The van der Waals surface area contributed by atoms with Gasteiger partial charge in [0.15, 0.2) is 0 Å². The fourth-order valence-corrected chi connectivity index (χ4v) is 3.93. The molecular formula is C22H20ClN3O3S. The molecule has 0 aliphatic heterocycles. The highest BCUT2D eigenvalue weighted by Crippen LogP contribution is 2.24. The SMILES string of the molecule is Cc1cccnc1CNC(=O)C=Cc1ccc(S(=O)(=O)Nc2ccccc2Cl)cc1. The van der Waals surface area contributed by atoms with Crippen LogP contribution in [0.3, 0.4) is 0 Å². The molecule has 0 saturated carbocycles. The number of halogens is 1. The molecule has 1 amide bonds. The van der Waals surface area contributed by atoms with E-state index in [9.17, 15) is 13.2 Å². The summed E-state index contributed by atoms with van der Waals surface area (Å²) < 4.78 is 27.5. The average molecular weight is 442 g/mol. The van der Waals surface area contributed by atoms with Crippen LogP contribution in [0.4, 0.5) is 5.69 Å². The van der Waals surface area contributed by atoms with E-state index in [0.717, 1.165) is 11.3 Å². The van der Waals surface area contributed by atoms with Gasteiger partial charge in [0.2, 0.25) is 5.91 Å². The van der Waals surface area contributed by atoms with Crippen LogP contribution in [0.25, 0.3) is 6.08 Å². The Morgan fingerprint density at radius 3 is 2.50 bits per heavy atom. The van der Waals surface area contributed by atoms with Crippen molar-refractivity contribution in [3.63, 3.8) is 0 Å². The number of amides is 1. The highest BCUT2D eigenvalue weighted by molar-refractivity contribution is 7.92. The monoisotopic (exact) mass is 441 g/mol. The molecule has 2 N–H and O–H groups in total. The molecule has 8 heteroatoms. The molecule has 0 atom stereocenters. The van der Waals surface area contributed by atoms with E-state index in [2.05, 4.69) is 15.0 Å². The number of hydrogen-bond acceptors (Lipinski definition) is 4. The summed E-state index contributed by atoms with van der Waals surface area (Å²) in [6.07, 6.45) is 4.68. The van der Waals surface area contributed by atoms with Crippen molar-refractivity contribution in [2.45, 2.75) is 18.4 Å². The van der Waals surface area contributed by atoms with Crippen molar-refractivity contribution in [3.8, 4) is 0 Å². The molecule has 0 fully saturated rings. The first kappa shape index (κ1) is 21.5. The lowest BCUT2D eigenvalue weighted by atomic mass is 10.2. The van der Waals surface area contributed by atoms with Crippen molar-refractivity contribution < 1.29 is 13.2 Å². The van der Waals surface area contributed by atoms with Gasteiger partial charge in [-0.3, -0.25) is 14.5 Å². The Bertz CT molecular complexity index is 1180. The zero-order valence-electron chi connectivity index (χ0n) is 16.2. The average Bonchev–Trinajstić information content (AvgIpc) is 2.73. The smallest absolute Gasteiger partial charge is 0.261 e. The van der Waals surface area contributed by atoms with Gasteiger partial charge in [0, 0.05) is 12.3 Å². The molecule has 1 aromatic heterocycles. The number of carbonyl (C=O) groups is 1. The summed E-state index contributed by atoms with van der Waals surface area (Å²) in [6, 6.07) is 16.5. The molecule has 1 heterocycles. The molecule has 154 valence electrons. The van der Waals surface area contributed by atoms with E-state index in [1.54, 1.807) is 48.7 Å². The third-order valence-electron chi connectivity index (χ3n) is 4.28. The van der Waals surface area contributed by atoms with Gasteiger partial charge < -0.3 is 5.32 Å². The lowest BCUT2D eigenvalue weighted by molar-refractivity contribution is -0.116. The molecule has 2 aromatic carbocycles. The number of rotatable bonds is 7. The van der Waals surface area contributed by atoms with Crippen LogP contribution in [0.15, 0.2) is 77.8 Å². The van der Waals surface area contributed by atoms with Crippen molar-refractivity contribution in [1.29, 1.82) is 0 Å². The van der Waals surface area contributed by atoms with Gasteiger partial charge >= 0.3 is 0 Å². The van der Waals surface area contributed by atoms with Crippen molar-refractivity contribution in [3.05, 3.63) is 94.8 Å². The van der Waals surface area contributed by atoms with Gasteiger partial charge in [-0.15, -0.1) is 0 Å². The van der Waals surface area contributed by atoms with Crippen LogP contribution in [0.1, 0.15) is 16.8 Å². The van der Waals surface area contributed by atoms with E-state index in [0.29, 0.717) is 22.8 Å². The number of anilines is 1. The Morgan fingerprint density at radius 1 is 1.07 bits per heavy atom. The van der Waals surface area contributed by atoms with E-state index < -0.39 is 10.0 Å². The zero-order valence-corrected chi connectivity index (χ0v) is 17.7. The van der Waals surface area contributed by atoms with E-state index >= 15 is 0 Å². The summed E-state index contributed by atoms with van der Waals surface area (Å²) >= 11 is 6.01. The molecule has 3 aromatic rings. The van der Waals surface area contributed by atoms with Crippen LogP contribution < -0.4 is 10.0 Å². The van der Waals surface area contributed by atoms with Crippen LogP contribution in [0, 0.1) is 6.92 Å². The molecule has 0 aliphatic carbocycles.